The van der Waals surface area contributed by atoms with Crippen LogP contribution in [0, 0.1) is 0 Å². The summed E-state index contributed by atoms with van der Waals surface area (Å²) in [6.07, 6.45) is 0. The Morgan fingerprint density at radius 1 is 0.558 bits per heavy atom. The van der Waals surface area contributed by atoms with Gasteiger partial charge in [-0.05, 0) is 55.4 Å². The van der Waals surface area contributed by atoms with Crippen molar-refractivity contribution in [3.63, 3.8) is 0 Å². The number of aliphatic hydroxyl groups excluding tert-OH is 1. The first-order valence-electron chi connectivity index (χ1n) is 17.4. The van der Waals surface area contributed by atoms with Gasteiger partial charge in [-0.15, -0.1) is 0 Å². The average molecular weight is 668 g/mol. The molecule has 8 aromatic rings. The number of rotatable bonds is 3. The number of Topliss-reactive ketones (excluding diaryl/α,β-unsaturated/α-hetero) is 1. The molecule has 0 saturated heterocycles. The van der Waals surface area contributed by atoms with Crippen LogP contribution in [0.4, 0.5) is 5.69 Å². The third-order valence-corrected chi connectivity index (χ3v) is 10.7. The van der Waals surface area contributed by atoms with Gasteiger partial charge in [0.2, 0.25) is 5.78 Å². The van der Waals surface area contributed by atoms with Gasteiger partial charge < -0.3 is 19.6 Å². The van der Waals surface area contributed by atoms with E-state index in [0.717, 1.165) is 59.7 Å². The van der Waals surface area contributed by atoms with E-state index in [1.165, 1.54) is 0 Å². The van der Waals surface area contributed by atoms with E-state index in [1.54, 1.807) is 0 Å². The lowest BCUT2D eigenvalue weighted by Gasteiger charge is -2.30. The third kappa shape index (κ3) is 4.09. The zero-order valence-corrected chi connectivity index (χ0v) is 27.6. The Kier molecular flexibility index (Phi) is 6.05. The SMILES string of the molecule is O=C1C(c2ccc3cccc4c3c2NB(c2cccc3ccccc23)O4)=C(O)/C1=c1\ccc2cccc3c2c1=NB(c1cccc2ccccc12)O3. The molecule has 52 heavy (non-hydrogen) atoms. The molecule has 3 aliphatic rings. The predicted octanol–water partition coefficient (Wildman–Crippen LogP) is 6.61. The Labute approximate surface area is 298 Å². The fourth-order valence-corrected chi connectivity index (χ4v) is 8.24. The second-order valence-electron chi connectivity index (χ2n) is 13.5. The van der Waals surface area contributed by atoms with Gasteiger partial charge in [-0.1, -0.05) is 133 Å². The van der Waals surface area contributed by atoms with E-state index < -0.39 is 14.1 Å². The number of nitrogens with one attached hydrogen (secondary N) is 1. The topological polar surface area (TPSA) is 80.2 Å². The zero-order valence-electron chi connectivity index (χ0n) is 27.6. The number of nitrogens with zero attached hydrogens (tertiary/aromatic N) is 1. The molecule has 0 amide bonds. The van der Waals surface area contributed by atoms with Crippen molar-refractivity contribution >= 4 is 90.7 Å². The smallest absolute Gasteiger partial charge is 0.537 e. The van der Waals surface area contributed by atoms with E-state index in [1.807, 2.05) is 103 Å². The van der Waals surface area contributed by atoms with E-state index in [-0.39, 0.29) is 22.7 Å². The highest BCUT2D eigenvalue weighted by Gasteiger charge is 2.40. The number of carbonyl (C=O) groups excluding carboxylic acids is 1. The second kappa shape index (κ2) is 10.9. The summed E-state index contributed by atoms with van der Waals surface area (Å²) in [5.74, 6) is 1.11. The summed E-state index contributed by atoms with van der Waals surface area (Å²) in [5, 5.41) is 24.7. The van der Waals surface area contributed by atoms with Gasteiger partial charge in [-0.25, -0.2) is 0 Å². The van der Waals surface area contributed by atoms with Crippen molar-refractivity contribution in [2.45, 2.75) is 0 Å². The highest BCUT2D eigenvalue weighted by Crippen LogP contribution is 2.46. The predicted molar refractivity (Wildman–Crippen MR) is 210 cm³/mol. The minimum Gasteiger partial charge on any atom is -0.537 e. The van der Waals surface area contributed by atoms with Crippen LogP contribution in [0.2, 0.25) is 0 Å². The van der Waals surface area contributed by atoms with Crippen LogP contribution in [0.5, 0.6) is 11.5 Å². The maximum atomic E-state index is 14.5. The van der Waals surface area contributed by atoms with Crippen molar-refractivity contribution in [1.82, 2.24) is 0 Å². The van der Waals surface area contributed by atoms with Gasteiger partial charge in [0, 0.05) is 27.2 Å². The molecule has 0 saturated carbocycles. The van der Waals surface area contributed by atoms with Crippen LogP contribution in [-0.4, -0.2) is 25.0 Å². The molecule has 8 aromatic carbocycles. The van der Waals surface area contributed by atoms with Gasteiger partial charge in [0.15, 0.2) is 0 Å². The van der Waals surface area contributed by atoms with Crippen LogP contribution in [-0.2, 0) is 4.79 Å². The number of fused-ring (bicyclic) bond motifs is 2. The molecule has 0 spiro atoms. The summed E-state index contributed by atoms with van der Waals surface area (Å²) in [6.45, 7) is 0. The van der Waals surface area contributed by atoms with Crippen LogP contribution in [0.25, 0.3) is 54.2 Å². The molecule has 2 N–H and O–H groups in total. The van der Waals surface area contributed by atoms with Gasteiger partial charge in [-0.3, -0.25) is 9.70 Å². The molecule has 242 valence electrons. The van der Waals surface area contributed by atoms with Gasteiger partial charge >= 0.3 is 14.1 Å². The number of hydrogen-bond acceptors (Lipinski definition) is 6. The molecule has 8 heteroatoms. The first-order valence-corrected chi connectivity index (χ1v) is 17.4. The molecule has 1 aliphatic carbocycles. The Balaban J connectivity index is 1.11. The number of carbonyl (C=O) groups is 1. The average Bonchev–Trinajstić information content (AvgIpc) is 3.19. The van der Waals surface area contributed by atoms with Gasteiger partial charge in [-0.2, -0.15) is 0 Å². The third-order valence-electron chi connectivity index (χ3n) is 10.7. The zero-order chi connectivity index (χ0) is 34.5. The molecule has 0 radical (unpaired) electrons. The summed E-state index contributed by atoms with van der Waals surface area (Å²) >= 11 is 0. The molecule has 2 heterocycles. The van der Waals surface area contributed by atoms with Crippen molar-refractivity contribution in [1.29, 1.82) is 0 Å². The Morgan fingerprint density at radius 2 is 1.15 bits per heavy atom. The minimum absolute atomic E-state index is 0.0513. The second-order valence-corrected chi connectivity index (χ2v) is 13.5. The standard InChI is InChI=1S/C44H26B2N2O4/c49-43-39(31-23-21-27-13-7-19-35-37(27)41(31)47-45(51-35)33-17-5-11-25-9-1-3-15-29(25)33)44(50)40(43)32-24-22-28-14-8-20-36-38(28)42(32)48-46(52-36)34-18-6-12-26-10-2-4-16-30(26)34/h1-24,47,49H/b40-32-. The number of aliphatic hydroxyl groups is 1. The number of hydrogen-bond donors (Lipinski definition) is 2. The van der Waals surface area contributed by atoms with Crippen molar-refractivity contribution in [3.05, 3.63) is 167 Å². The van der Waals surface area contributed by atoms with E-state index in [9.17, 15) is 9.90 Å². The molecule has 0 bridgehead atoms. The number of ketones is 1. The maximum Gasteiger partial charge on any atom is 0.539 e. The molecular weight excluding hydrogens is 642 g/mol. The van der Waals surface area contributed by atoms with Crippen molar-refractivity contribution in [2.24, 2.45) is 4.90 Å². The van der Waals surface area contributed by atoms with E-state index in [2.05, 4.69) is 47.7 Å². The normalized spacial score (nSPS) is 15.7. The fraction of sp³-hybridized carbons (Fsp3) is 0. The van der Waals surface area contributed by atoms with Crippen molar-refractivity contribution < 1.29 is 19.2 Å². The summed E-state index contributed by atoms with van der Waals surface area (Å²) in [7, 11) is -1.15. The monoisotopic (exact) mass is 668 g/mol. The quantitative estimate of drug-likeness (QED) is 0.207. The first kappa shape index (κ1) is 29.0. The van der Waals surface area contributed by atoms with E-state index in [0.29, 0.717) is 27.6 Å². The Morgan fingerprint density at radius 3 is 1.90 bits per heavy atom. The summed E-state index contributed by atoms with van der Waals surface area (Å²) in [6, 6.07) is 48.3. The first-order chi connectivity index (χ1) is 25.6. The summed E-state index contributed by atoms with van der Waals surface area (Å²) in [4.78, 5) is 19.6. The Bertz CT molecular complexity index is 3060. The molecule has 0 fully saturated rings. The molecule has 0 unspecified atom stereocenters. The van der Waals surface area contributed by atoms with Crippen LogP contribution in [0.1, 0.15) is 5.56 Å². The molecule has 0 atom stereocenters. The summed E-state index contributed by atoms with van der Waals surface area (Å²) in [5.41, 5.74) is 3.82. The highest BCUT2D eigenvalue weighted by atomic mass is 16.4. The highest BCUT2D eigenvalue weighted by molar-refractivity contribution is 6.74. The maximum absolute atomic E-state index is 14.5. The Hall–Kier alpha value is -6.79. The van der Waals surface area contributed by atoms with Crippen LogP contribution in [0.3, 0.4) is 0 Å². The van der Waals surface area contributed by atoms with Crippen LogP contribution in [0.15, 0.2) is 156 Å². The van der Waals surface area contributed by atoms with Gasteiger partial charge in [0.05, 0.1) is 16.5 Å². The van der Waals surface area contributed by atoms with E-state index in [4.69, 9.17) is 14.2 Å². The van der Waals surface area contributed by atoms with E-state index >= 15 is 0 Å². The molecule has 11 rings (SSSR count). The van der Waals surface area contributed by atoms with Crippen LogP contribution < -0.4 is 36.0 Å². The molecule has 0 aromatic heterocycles. The largest absolute Gasteiger partial charge is 0.539 e. The van der Waals surface area contributed by atoms with Crippen LogP contribution >= 0.6 is 0 Å². The minimum atomic E-state index is -0.634. The lowest BCUT2D eigenvalue weighted by Crippen LogP contribution is -2.47. The number of allylic oxidation sites excluding steroid dienone is 2. The number of anilines is 1. The summed E-state index contributed by atoms with van der Waals surface area (Å²) < 4.78 is 13.1. The van der Waals surface area contributed by atoms with Gasteiger partial charge in [0.25, 0.3) is 0 Å². The van der Waals surface area contributed by atoms with Crippen molar-refractivity contribution in [3.8, 4) is 11.5 Å². The van der Waals surface area contributed by atoms with Gasteiger partial charge in [0.1, 0.15) is 17.3 Å². The molecule has 6 nitrogen and oxygen atoms in total. The fourth-order valence-electron chi connectivity index (χ4n) is 8.24. The number of benzene rings is 8. The lowest BCUT2D eigenvalue weighted by molar-refractivity contribution is -0.109. The molecular formula is C44H26B2N2O4. The molecule has 2 aliphatic heterocycles. The van der Waals surface area contributed by atoms with Crippen molar-refractivity contribution in [2.75, 3.05) is 5.23 Å². The lowest BCUT2D eigenvalue weighted by atomic mass is 9.68.